The molecule has 0 bridgehead atoms. The maximum atomic E-state index is 10.2. The molecule has 0 fully saturated rings. The number of H-pyrrole nitrogens is 1. The standard InChI is InChI=1S/C21H29ClN6O3/c1-10(2)17-19-18(27-26-17)20(23-9-14-15(30)6-13(22)7-16(14)31)25-21(24-8-12(5)29)28(19)11(3)4/h6-7,10-12,29-31H,8-9H2,1-5H3,(H,26,27)(H,23,24,25). The highest BCUT2D eigenvalue weighted by molar-refractivity contribution is 6.30. The largest absolute Gasteiger partial charge is 0.507 e. The number of hydrogen-bond acceptors (Lipinski definition) is 7. The molecule has 0 amide bonds. The molecule has 2 aromatic heterocycles. The van der Waals surface area contributed by atoms with Gasteiger partial charge in [-0.1, -0.05) is 25.4 Å². The first-order valence-corrected chi connectivity index (χ1v) is 10.6. The number of phenolic OH excluding ortho intramolecular Hbond substituents is 2. The van der Waals surface area contributed by atoms with Crippen LogP contribution in [0.5, 0.6) is 11.5 Å². The van der Waals surface area contributed by atoms with E-state index in [9.17, 15) is 15.3 Å². The van der Waals surface area contributed by atoms with Gasteiger partial charge in [0.2, 0.25) is 5.62 Å². The number of aliphatic hydroxyl groups is 1. The molecule has 168 valence electrons. The first kappa shape index (κ1) is 22.9. The zero-order valence-corrected chi connectivity index (χ0v) is 19.1. The van der Waals surface area contributed by atoms with Crippen molar-refractivity contribution < 1.29 is 15.3 Å². The van der Waals surface area contributed by atoms with Crippen molar-refractivity contribution in [2.45, 2.75) is 59.2 Å². The summed E-state index contributed by atoms with van der Waals surface area (Å²) in [5.74, 6) is 0.393. The number of aromatic nitrogens is 4. The molecule has 1 aromatic carbocycles. The predicted octanol–water partition coefficient (Wildman–Crippen LogP) is 3.42. The molecule has 0 aliphatic heterocycles. The molecule has 1 unspecified atom stereocenters. The fourth-order valence-corrected chi connectivity index (χ4v) is 3.57. The average Bonchev–Trinajstić information content (AvgIpc) is 3.10. The third-order valence-electron chi connectivity index (χ3n) is 4.85. The second kappa shape index (κ2) is 9.15. The van der Waals surface area contributed by atoms with Crippen LogP contribution in [0, 0.1) is 0 Å². The van der Waals surface area contributed by atoms with E-state index >= 15 is 0 Å². The Morgan fingerprint density at radius 2 is 1.81 bits per heavy atom. The molecular weight excluding hydrogens is 420 g/mol. The van der Waals surface area contributed by atoms with Gasteiger partial charge in [0.25, 0.3) is 0 Å². The zero-order valence-electron chi connectivity index (χ0n) is 18.3. The Labute approximate surface area is 185 Å². The van der Waals surface area contributed by atoms with Crippen molar-refractivity contribution >= 4 is 28.5 Å². The van der Waals surface area contributed by atoms with Crippen LogP contribution in [0.15, 0.2) is 17.1 Å². The van der Waals surface area contributed by atoms with E-state index in [0.717, 1.165) is 11.2 Å². The number of aromatic hydroxyl groups is 2. The summed E-state index contributed by atoms with van der Waals surface area (Å²) in [6, 6.07) is 2.79. The molecule has 1 atom stereocenters. The van der Waals surface area contributed by atoms with Gasteiger partial charge in [-0.05, 0) is 38.8 Å². The molecule has 0 radical (unpaired) electrons. The Bertz CT molecular complexity index is 1130. The number of benzene rings is 1. The van der Waals surface area contributed by atoms with Crippen LogP contribution >= 0.6 is 11.6 Å². The molecule has 0 aliphatic rings. The van der Waals surface area contributed by atoms with Gasteiger partial charge < -0.3 is 25.2 Å². The van der Waals surface area contributed by atoms with Crippen molar-refractivity contribution in [2.75, 3.05) is 11.9 Å². The molecule has 2 heterocycles. The summed E-state index contributed by atoms with van der Waals surface area (Å²) in [6.07, 6.45) is -0.605. The normalized spacial score (nSPS) is 13.5. The van der Waals surface area contributed by atoms with Gasteiger partial charge >= 0.3 is 0 Å². The number of anilines is 1. The fraction of sp³-hybridized carbons (Fsp3) is 0.476. The number of aromatic amines is 1. The number of rotatable bonds is 7. The van der Waals surface area contributed by atoms with Gasteiger partial charge in [0, 0.05) is 17.6 Å². The molecule has 0 saturated heterocycles. The molecule has 31 heavy (non-hydrogen) atoms. The molecule has 3 aromatic rings. The van der Waals surface area contributed by atoms with E-state index in [1.165, 1.54) is 12.1 Å². The van der Waals surface area contributed by atoms with Crippen LogP contribution in [-0.4, -0.2) is 47.7 Å². The summed E-state index contributed by atoms with van der Waals surface area (Å²) in [5.41, 5.74) is 3.19. The van der Waals surface area contributed by atoms with E-state index in [4.69, 9.17) is 11.6 Å². The van der Waals surface area contributed by atoms with Crippen molar-refractivity contribution in [3.05, 3.63) is 34.0 Å². The van der Waals surface area contributed by atoms with Gasteiger partial charge in [0.15, 0.2) is 11.3 Å². The average molecular weight is 449 g/mol. The van der Waals surface area contributed by atoms with Gasteiger partial charge in [0.05, 0.1) is 29.4 Å². The summed E-state index contributed by atoms with van der Waals surface area (Å²) in [6.45, 7) is 10.2. The Balaban J connectivity index is 2.18. The molecule has 0 spiro atoms. The van der Waals surface area contributed by atoms with Crippen LogP contribution in [-0.2, 0) is 6.54 Å². The summed E-state index contributed by atoms with van der Waals surface area (Å²) >= 11 is 5.88. The van der Waals surface area contributed by atoms with E-state index in [1.807, 2.05) is 18.4 Å². The minimum absolute atomic E-state index is 0.0521. The van der Waals surface area contributed by atoms with Crippen LogP contribution in [0.25, 0.3) is 11.0 Å². The van der Waals surface area contributed by atoms with Crippen LogP contribution < -0.4 is 10.9 Å². The molecule has 0 saturated carbocycles. The lowest BCUT2D eigenvalue weighted by Gasteiger charge is -2.18. The van der Waals surface area contributed by atoms with Crippen molar-refractivity contribution in [2.24, 2.45) is 4.99 Å². The van der Waals surface area contributed by atoms with Crippen LogP contribution in [0.4, 0.5) is 5.82 Å². The Morgan fingerprint density at radius 1 is 1.16 bits per heavy atom. The highest BCUT2D eigenvalue weighted by Gasteiger charge is 2.20. The van der Waals surface area contributed by atoms with Crippen LogP contribution in [0.2, 0.25) is 5.02 Å². The lowest BCUT2D eigenvalue weighted by molar-refractivity contribution is 0.202. The molecule has 10 heteroatoms. The Hall–Kier alpha value is -2.78. The predicted molar refractivity (Wildman–Crippen MR) is 121 cm³/mol. The lowest BCUT2D eigenvalue weighted by Crippen LogP contribution is -2.29. The van der Waals surface area contributed by atoms with Gasteiger partial charge in [-0.2, -0.15) is 10.1 Å². The smallest absolute Gasteiger partial charge is 0.227 e. The van der Waals surface area contributed by atoms with Gasteiger partial charge in [-0.25, -0.2) is 4.99 Å². The number of halogens is 1. The van der Waals surface area contributed by atoms with Crippen molar-refractivity contribution in [3.63, 3.8) is 0 Å². The highest BCUT2D eigenvalue weighted by atomic mass is 35.5. The highest BCUT2D eigenvalue weighted by Crippen LogP contribution is 2.32. The van der Waals surface area contributed by atoms with Crippen molar-refractivity contribution in [1.82, 2.24) is 19.7 Å². The SMILES string of the molecule is CC(O)CN=c1nc(NCc2c(O)cc(Cl)cc2O)c2n[nH]c(C(C)C)c2n1C(C)C. The van der Waals surface area contributed by atoms with Crippen molar-refractivity contribution in [3.8, 4) is 11.5 Å². The third-order valence-corrected chi connectivity index (χ3v) is 5.07. The second-order valence-electron chi connectivity index (χ2n) is 8.18. The zero-order chi connectivity index (χ0) is 22.9. The number of nitrogens with zero attached hydrogens (tertiary/aromatic N) is 4. The molecule has 5 N–H and O–H groups in total. The van der Waals surface area contributed by atoms with Crippen molar-refractivity contribution in [1.29, 1.82) is 0 Å². The Morgan fingerprint density at radius 3 is 2.35 bits per heavy atom. The van der Waals surface area contributed by atoms with Crippen LogP contribution in [0.3, 0.4) is 0 Å². The van der Waals surface area contributed by atoms with Gasteiger partial charge in [0.1, 0.15) is 11.5 Å². The second-order valence-corrected chi connectivity index (χ2v) is 8.62. The van der Waals surface area contributed by atoms with E-state index in [1.54, 1.807) is 6.92 Å². The lowest BCUT2D eigenvalue weighted by atomic mass is 10.1. The quantitative estimate of drug-likeness (QED) is 0.376. The van der Waals surface area contributed by atoms with Gasteiger partial charge in [-0.3, -0.25) is 5.10 Å². The molecule has 9 nitrogen and oxygen atoms in total. The number of nitrogens with one attached hydrogen (secondary N) is 2. The van der Waals surface area contributed by atoms with Gasteiger partial charge in [-0.15, -0.1) is 0 Å². The monoisotopic (exact) mass is 448 g/mol. The third kappa shape index (κ3) is 4.77. The molecular formula is C21H29ClN6O3. The maximum absolute atomic E-state index is 10.2. The van der Waals surface area contributed by atoms with Crippen LogP contribution in [0.1, 0.15) is 57.8 Å². The summed E-state index contributed by atoms with van der Waals surface area (Å²) in [5, 5.41) is 41.1. The molecule has 3 rings (SSSR count). The maximum Gasteiger partial charge on any atom is 0.227 e. The number of phenols is 2. The number of aliphatic hydroxyl groups excluding tert-OH is 1. The van der Waals surface area contributed by atoms with E-state index < -0.39 is 6.10 Å². The fourth-order valence-electron chi connectivity index (χ4n) is 3.37. The summed E-state index contributed by atoms with van der Waals surface area (Å²) in [7, 11) is 0. The first-order chi connectivity index (χ1) is 14.6. The number of fused-ring (bicyclic) bond motifs is 1. The first-order valence-electron chi connectivity index (χ1n) is 10.2. The topological polar surface area (TPSA) is 132 Å². The summed E-state index contributed by atoms with van der Waals surface area (Å²) < 4.78 is 2.00. The summed E-state index contributed by atoms with van der Waals surface area (Å²) in [4.78, 5) is 9.18. The van der Waals surface area contributed by atoms with E-state index in [-0.39, 0.29) is 41.6 Å². The van der Waals surface area contributed by atoms with E-state index in [2.05, 4.69) is 39.3 Å². The minimum atomic E-state index is -0.605. The Kier molecular flexibility index (Phi) is 6.76. The number of hydrogen-bond donors (Lipinski definition) is 5. The molecule has 0 aliphatic carbocycles. The van der Waals surface area contributed by atoms with E-state index in [0.29, 0.717) is 22.5 Å². The minimum Gasteiger partial charge on any atom is -0.507 e.